The van der Waals surface area contributed by atoms with Gasteiger partial charge in [-0.05, 0) is 30.0 Å². The SMILES string of the molecule is N/C(=N\OC(=O)C1CC1c1ccccc1)c1ccc([N+](=O)[O-])cc1. The molecule has 0 aliphatic heterocycles. The van der Waals surface area contributed by atoms with Crippen LogP contribution in [0.25, 0.3) is 0 Å². The average molecular weight is 325 g/mol. The number of carbonyl (C=O) groups excluding carboxylic acids is 1. The van der Waals surface area contributed by atoms with Crippen LogP contribution < -0.4 is 5.73 Å². The van der Waals surface area contributed by atoms with Gasteiger partial charge in [0.1, 0.15) is 0 Å². The third kappa shape index (κ3) is 3.40. The first-order valence-corrected chi connectivity index (χ1v) is 7.40. The number of nitro groups is 1. The summed E-state index contributed by atoms with van der Waals surface area (Å²) in [4.78, 5) is 27.0. The molecule has 1 aliphatic rings. The minimum Gasteiger partial charge on any atom is -0.380 e. The molecule has 0 spiro atoms. The number of oxime groups is 1. The highest BCUT2D eigenvalue weighted by Crippen LogP contribution is 2.48. The van der Waals surface area contributed by atoms with E-state index < -0.39 is 10.9 Å². The molecule has 0 saturated heterocycles. The fourth-order valence-corrected chi connectivity index (χ4v) is 2.49. The Morgan fingerprint density at radius 3 is 2.46 bits per heavy atom. The van der Waals surface area contributed by atoms with Crippen molar-refractivity contribution in [1.29, 1.82) is 0 Å². The van der Waals surface area contributed by atoms with E-state index >= 15 is 0 Å². The standard InChI is InChI=1S/C17H15N3O4/c18-16(12-6-8-13(9-7-12)20(22)23)19-24-17(21)15-10-14(15)11-4-2-1-3-5-11/h1-9,14-15H,10H2,(H2,18,19). The van der Waals surface area contributed by atoms with Crippen molar-refractivity contribution in [3.05, 3.63) is 75.8 Å². The van der Waals surface area contributed by atoms with E-state index in [-0.39, 0.29) is 23.4 Å². The summed E-state index contributed by atoms with van der Waals surface area (Å²) in [5.41, 5.74) is 7.24. The highest BCUT2D eigenvalue weighted by atomic mass is 16.7. The van der Waals surface area contributed by atoms with E-state index in [0.717, 1.165) is 12.0 Å². The number of hydrogen-bond donors (Lipinski definition) is 1. The molecule has 2 atom stereocenters. The van der Waals surface area contributed by atoms with Crippen LogP contribution in [-0.4, -0.2) is 16.7 Å². The minimum absolute atomic E-state index is 0.00448. The maximum absolute atomic E-state index is 12.0. The number of benzene rings is 2. The molecule has 1 aliphatic carbocycles. The molecule has 7 nitrogen and oxygen atoms in total. The summed E-state index contributed by atoms with van der Waals surface area (Å²) in [7, 11) is 0. The number of hydrogen-bond acceptors (Lipinski definition) is 5. The van der Waals surface area contributed by atoms with Gasteiger partial charge in [0, 0.05) is 17.7 Å². The molecule has 0 amide bonds. The van der Waals surface area contributed by atoms with Gasteiger partial charge in [0.2, 0.25) is 0 Å². The fraction of sp³-hybridized carbons (Fsp3) is 0.176. The third-order valence-corrected chi connectivity index (χ3v) is 3.93. The van der Waals surface area contributed by atoms with E-state index in [2.05, 4.69) is 5.16 Å². The van der Waals surface area contributed by atoms with E-state index in [1.807, 2.05) is 30.3 Å². The van der Waals surface area contributed by atoms with E-state index in [1.54, 1.807) is 0 Å². The van der Waals surface area contributed by atoms with Crippen molar-refractivity contribution < 1.29 is 14.6 Å². The topological polar surface area (TPSA) is 108 Å². The normalized spacial score (nSPS) is 19.6. The Morgan fingerprint density at radius 1 is 1.17 bits per heavy atom. The molecule has 7 heteroatoms. The second-order valence-corrected chi connectivity index (χ2v) is 5.55. The van der Waals surface area contributed by atoms with Gasteiger partial charge < -0.3 is 10.6 Å². The van der Waals surface area contributed by atoms with Crippen molar-refractivity contribution in [2.45, 2.75) is 12.3 Å². The van der Waals surface area contributed by atoms with Gasteiger partial charge in [-0.1, -0.05) is 35.5 Å². The summed E-state index contributed by atoms with van der Waals surface area (Å²) >= 11 is 0. The molecule has 0 bridgehead atoms. The van der Waals surface area contributed by atoms with Crippen LogP contribution >= 0.6 is 0 Å². The molecule has 122 valence electrons. The Labute approximate surface area is 137 Å². The van der Waals surface area contributed by atoms with Gasteiger partial charge >= 0.3 is 5.97 Å². The van der Waals surface area contributed by atoms with Crippen LogP contribution in [0, 0.1) is 16.0 Å². The summed E-state index contributed by atoms with van der Waals surface area (Å²) in [6.45, 7) is 0. The highest BCUT2D eigenvalue weighted by Gasteiger charge is 2.45. The number of nitro benzene ring substituents is 1. The third-order valence-electron chi connectivity index (χ3n) is 3.93. The minimum atomic E-state index is -0.506. The molecular formula is C17H15N3O4. The first kappa shape index (κ1) is 15.7. The van der Waals surface area contributed by atoms with Crippen LogP contribution in [0.2, 0.25) is 0 Å². The number of non-ortho nitro benzene ring substituents is 1. The number of rotatable bonds is 5. The number of amidine groups is 1. The zero-order valence-corrected chi connectivity index (χ0v) is 12.7. The average Bonchev–Trinajstić information content (AvgIpc) is 3.41. The second kappa shape index (κ2) is 6.49. The number of carbonyl (C=O) groups is 1. The molecule has 24 heavy (non-hydrogen) atoms. The quantitative estimate of drug-likeness (QED) is 0.299. The van der Waals surface area contributed by atoms with E-state index in [1.165, 1.54) is 24.3 Å². The molecule has 2 aromatic rings. The van der Waals surface area contributed by atoms with E-state index in [0.29, 0.717) is 5.56 Å². The lowest BCUT2D eigenvalue weighted by atomic mass is 10.1. The molecule has 1 saturated carbocycles. The predicted octanol–water partition coefficient (Wildman–Crippen LogP) is 2.56. The highest BCUT2D eigenvalue weighted by molar-refractivity contribution is 5.97. The fourth-order valence-electron chi connectivity index (χ4n) is 2.49. The largest absolute Gasteiger partial charge is 0.380 e. The smallest absolute Gasteiger partial charge is 0.338 e. The molecule has 0 radical (unpaired) electrons. The van der Waals surface area contributed by atoms with Crippen molar-refractivity contribution in [3.63, 3.8) is 0 Å². The van der Waals surface area contributed by atoms with Crippen molar-refractivity contribution in [3.8, 4) is 0 Å². The summed E-state index contributed by atoms with van der Waals surface area (Å²) in [5.74, 6) is -0.473. The monoisotopic (exact) mass is 325 g/mol. The Kier molecular flexibility index (Phi) is 4.24. The molecule has 2 N–H and O–H groups in total. The number of nitrogens with two attached hydrogens (primary N) is 1. The predicted molar refractivity (Wildman–Crippen MR) is 87.2 cm³/mol. The van der Waals surface area contributed by atoms with Crippen molar-refractivity contribution >= 4 is 17.5 Å². The summed E-state index contributed by atoms with van der Waals surface area (Å²) in [6, 6.07) is 15.3. The van der Waals surface area contributed by atoms with Crippen molar-refractivity contribution in [2.75, 3.05) is 0 Å². The van der Waals surface area contributed by atoms with Gasteiger partial charge in [0.25, 0.3) is 5.69 Å². The van der Waals surface area contributed by atoms with Gasteiger partial charge in [-0.15, -0.1) is 0 Å². The van der Waals surface area contributed by atoms with Gasteiger partial charge in [0.05, 0.1) is 10.8 Å². The molecule has 0 aromatic heterocycles. The van der Waals surface area contributed by atoms with Crippen molar-refractivity contribution in [1.82, 2.24) is 0 Å². The van der Waals surface area contributed by atoms with Crippen LogP contribution in [0.5, 0.6) is 0 Å². The van der Waals surface area contributed by atoms with E-state index in [9.17, 15) is 14.9 Å². The van der Waals surface area contributed by atoms with Gasteiger partial charge in [-0.25, -0.2) is 4.79 Å². The summed E-state index contributed by atoms with van der Waals surface area (Å²) < 4.78 is 0. The van der Waals surface area contributed by atoms with Crippen LogP contribution in [-0.2, 0) is 9.63 Å². The molecule has 2 unspecified atom stereocenters. The first-order chi connectivity index (χ1) is 11.6. The first-order valence-electron chi connectivity index (χ1n) is 7.40. The Bertz CT molecular complexity index is 787. The second-order valence-electron chi connectivity index (χ2n) is 5.55. The Balaban J connectivity index is 1.59. The summed E-state index contributed by atoms with van der Waals surface area (Å²) in [5, 5.41) is 14.2. The van der Waals surface area contributed by atoms with Crippen LogP contribution in [0.1, 0.15) is 23.5 Å². The van der Waals surface area contributed by atoms with E-state index in [4.69, 9.17) is 10.6 Å². The molecular weight excluding hydrogens is 310 g/mol. The molecule has 3 rings (SSSR count). The van der Waals surface area contributed by atoms with Gasteiger partial charge in [0.15, 0.2) is 5.84 Å². The lowest BCUT2D eigenvalue weighted by Crippen LogP contribution is -2.15. The van der Waals surface area contributed by atoms with Gasteiger partial charge in [-0.2, -0.15) is 0 Å². The lowest BCUT2D eigenvalue weighted by Gasteiger charge is -2.01. The molecule has 2 aromatic carbocycles. The van der Waals surface area contributed by atoms with Gasteiger partial charge in [-0.3, -0.25) is 10.1 Å². The van der Waals surface area contributed by atoms with Crippen LogP contribution in [0.15, 0.2) is 59.8 Å². The maximum atomic E-state index is 12.0. The maximum Gasteiger partial charge on any atom is 0.338 e. The molecule has 1 fully saturated rings. The number of nitrogens with zero attached hydrogens (tertiary/aromatic N) is 2. The zero-order valence-electron chi connectivity index (χ0n) is 12.7. The lowest BCUT2D eigenvalue weighted by molar-refractivity contribution is -0.384. The zero-order chi connectivity index (χ0) is 17.1. The Hall–Kier alpha value is -3.22. The van der Waals surface area contributed by atoms with Crippen LogP contribution in [0.4, 0.5) is 5.69 Å². The van der Waals surface area contributed by atoms with Crippen molar-refractivity contribution in [2.24, 2.45) is 16.8 Å². The Morgan fingerprint density at radius 2 is 1.83 bits per heavy atom. The molecule has 0 heterocycles. The summed E-state index contributed by atoms with van der Waals surface area (Å²) in [6.07, 6.45) is 0.732. The van der Waals surface area contributed by atoms with Crippen LogP contribution in [0.3, 0.4) is 0 Å².